The van der Waals surface area contributed by atoms with Crippen molar-refractivity contribution in [3.8, 4) is 0 Å². The van der Waals surface area contributed by atoms with E-state index in [1.165, 1.54) is 4.90 Å². The van der Waals surface area contributed by atoms with Crippen LogP contribution in [0.4, 0.5) is 10.5 Å². The smallest absolute Gasteiger partial charge is 0.319 e. The molecule has 40 heavy (non-hydrogen) atoms. The normalized spacial score (nSPS) is 16.9. The number of carbonyl (C=O) groups is 4. The molecule has 5 amide bonds. The van der Waals surface area contributed by atoms with E-state index in [0.29, 0.717) is 54.8 Å². The number of ether oxygens (including phenoxy) is 1. The Labute approximate surface area is 236 Å². The predicted molar refractivity (Wildman–Crippen MR) is 150 cm³/mol. The first-order chi connectivity index (χ1) is 19.2. The van der Waals surface area contributed by atoms with Crippen molar-refractivity contribution in [1.29, 1.82) is 0 Å². The summed E-state index contributed by atoms with van der Waals surface area (Å²) in [7, 11) is 1.60. The van der Waals surface area contributed by atoms with Crippen LogP contribution >= 0.6 is 11.6 Å². The Bertz CT molecular complexity index is 1330. The zero-order chi connectivity index (χ0) is 28.6. The molecule has 2 aromatic rings. The van der Waals surface area contributed by atoms with Gasteiger partial charge in [0.2, 0.25) is 11.8 Å². The molecule has 1 unspecified atom stereocenters. The van der Waals surface area contributed by atoms with Crippen LogP contribution in [0.5, 0.6) is 0 Å². The van der Waals surface area contributed by atoms with Crippen molar-refractivity contribution in [3.63, 3.8) is 0 Å². The van der Waals surface area contributed by atoms with Crippen molar-refractivity contribution in [2.24, 2.45) is 10.7 Å². The van der Waals surface area contributed by atoms with E-state index in [2.05, 4.69) is 26.3 Å². The van der Waals surface area contributed by atoms with Gasteiger partial charge in [-0.3, -0.25) is 24.7 Å². The molecule has 212 valence electrons. The predicted octanol–water partition coefficient (Wildman–Crippen LogP) is 1.52. The number of nitrogens with zero attached hydrogens (tertiary/aromatic N) is 2. The van der Waals surface area contributed by atoms with Gasteiger partial charge in [-0.1, -0.05) is 29.8 Å². The van der Waals surface area contributed by atoms with Gasteiger partial charge in [-0.25, -0.2) is 4.79 Å². The summed E-state index contributed by atoms with van der Waals surface area (Å²) in [4.78, 5) is 54.3. The van der Waals surface area contributed by atoms with Crippen LogP contribution in [-0.2, 0) is 33.8 Å². The maximum absolute atomic E-state index is 12.8. The minimum Gasteiger partial charge on any atom is -0.379 e. The number of nitrogens with one attached hydrogen (secondary N) is 4. The van der Waals surface area contributed by atoms with Gasteiger partial charge in [0.25, 0.3) is 5.91 Å². The summed E-state index contributed by atoms with van der Waals surface area (Å²) in [5.41, 5.74) is 9.10. The molecule has 4 rings (SSSR count). The molecule has 13 heteroatoms. The Balaban J connectivity index is 1.23. The van der Waals surface area contributed by atoms with E-state index < -0.39 is 18.0 Å². The van der Waals surface area contributed by atoms with Gasteiger partial charge in [-0.2, -0.15) is 0 Å². The van der Waals surface area contributed by atoms with Crippen LogP contribution < -0.4 is 27.0 Å². The molecule has 2 aromatic carbocycles. The minimum atomic E-state index is -0.668. The number of hydrogen-bond acceptors (Lipinski definition) is 6. The van der Waals surface area contributed by atoms with Gasteiger partial charge in [-0.15, -0.1) is 0 Å². The monoisotopic (exact) mass is 569 g/mol. The summed E-state index contributed by atoms with van der Waals surface area (Å²) in [6, 6.07) is 9.53. The van der Waals surface area contributed by atoms with Gasteiger partial charge < -0.3 is 31.3 Å². The number of rotatable bonds is 10. The zero-order valence-electron chi connectivity index (χ0n) is 22.1. The van der Waals surface area contributed by atoms with Crippen LogP contribution in [0.25, 0.3) is 0 Å². The molecule has 1 fully saturated rings. The quantitative estimate of drug-likeness (QED) is 0.125. The molecule has 1 atom stereocenters. The number of nitrogens with two attached hydrogens (primary N) is 1. The molecule has 12 nitrogen and oxygen atoms in total. The lowest BCUT2D eigenvalue weighted by molar-refractivity contribution is -0.136. The second-order valence-electron chi connectivity index (χ2n) is 9.40. The van der Waals surface area contributed by atoms with Crippen molar-refractivity contribution in [2.45, 2.75) is 38.4 Å². The third kappa shape index (κ3) is 7.27. The van der Waals surface area contributed by atoms with E-state index in [0.717, 1.165) is 16.7 Å². The molecule has 6 N–H and O–H groups in total. The number of amides is 5. The van der Waals surface area contributed by atoms with Gasteiger partial charge in [0, 0.05) is 49.4 Å². The van der Waals surface area contributed by atoms with Crippen LogP contribution in [0.15, 0.2) is 41.4 Å². The summed E-state index contributed by atoms with van der Waals surface area (Å²) in [5, 5.41) is 11.3. The summed E-state index contributed by atoms with van der Waals surface area (Å²) in [5.74, 6) is -0.650. The number of halogens is 1. The van der Waals surface area contributed by atoms with Crippen LogP contribution in [0, 0.1) is 0 Å². The average molecular weight is 570 g/mol. The van der Waals surface area contributed by atoms with Crippen molar-refractivity contribution in [3.05, 3.63) is 63.7 Å². The standard InChI is InChI=1S/C27H32ClN7O5/c1-30-26(29)31-9-11-40-10-8-17-3-4-19(13-21(17)28)33-27(39)32-14-16-2-5-20-18(12-16)15-35(25(20)38)22-6-7-23(36)34-24(22)37/h2-5,12-13,22H,6-11,14-15H2,1H3,(H3,29,30,31)(H2,32,33,39)(H,34,36,37). The second-order valence-corrected chi connectivity index (χ2v) is 9.81. The maximum Gasteiger partial charge on any atom is 0.319 e. The second kappa shape index (κ2) is 13.3. The number of piperidine rings is 1. The van der Waals surface area contributed by atoms with Crippen molar-refractivity contribution < 1.29 is 23.9 Å². The molecular formula is C27H32ClN7O5. The molecule has 0 bridgehead atoms. The number of carbonyl (C=O) groups excluding carboxylic acids is 4. The van der Waals surface area contributed by atoms with Crippen molar-refractivity contribution in [1.82, 2.24) is 20.9 Å². The first kappa shape index (κ1) is 28.8. The maximum atomic E-state index is 12.8. The fraction of sp³-hybridized carbons (Fsp3) is 0.370. The molecule has 0 spiro atoms. The van der Waals surface area contributed by atoms with Gasteiger partial charge in [0.05, 0.1) is 13.2 Å². The highest BCUT2D eigenvalue weighted by Crippen LogP contribution is 2.28. The number of urea groups is 1. The lowest BCUT2D eigenvalue weighted by Gasteiger charge is -2.29. The number of imide groups is 1. The van der Waals surface area contributed by atoms with Crippen molar-refractivity contribution >= 4 is 47.0 Å². The van der Waals surface area contributed by atoms with E-state index in [1.807, 2.05) is 12.1 Å². The molecule has 0 saturated carbocycles. The van der Waals surface area contributed by atoms with Gasteiger partial charge in [0.1, 0.15) is 6.04 Å². The zero-order valence-corrected chi connectivity index (χ0v) is 22.8. The molecule has 2 aliphatic rings. The number of guanidine groups is 1. The summed E-state index contributed by atoms with van der Waals surface area (Å²) >= 11 is 6.39. The Kier molecular flexibility index (Phi) is 9.56. The molecule has 2 heterocycles. The first-order valence-corrected chi connectivity index (χ1v) is 13.3. The Morgan fingerprint density at radius 1 is 1.18 bits per heavy atom. The Hall–Kier alpha value is -4.16. The van der Waals surface area contributed by atoms with E-state index in [9.17, 15) is 19.2 Å². The lowest BCUT2D eigenvalue weighted by Crippen LogP contribution is -2.52. The van der Waals surface area contributed by atoms with Crippen molar-refractivity contribution in [2.75, 3.05) is 32.1 Å². The van der Waals surface area contributed by atoms with Crippen LogP contribution in [0.3, 0.4) is 0 Å². The van der Waals surface area contributed by atoms with Crippen LogP contribution in [0.2, 0.25) is 5.02 Å². The lowest BCUT2D eigenvalue weighted by atomic mass is 10.0. The molecular weight excluding hydrogens is 538 g/mol. The van der Waals surface area contributed by atoms with Gasteiger partial charge in [0.15, 0.2) is 5.96 Å². The Morgan fingerprint density at radius 3 is 2.75 bits per heavy atom. The summed E-state index contributed by atoms with van der Waals surface area (Å²) in [6.07, 6.45) is 1.12. The summed E-state index contributed by atoms with van der Waals surface area (Å²) in [6.45, 7) is 2.02. The average Bonchev–Trinajstić information content (AvgIpc) is 3.25. The number of benzene rings is 2. The highest BCUT2D eigenvalue weighted by molar-refractivity contribution is 6.31. The third-order valence-corrected chi connectivity index (χ3v) is 7.01. The fourth-order valence-electron chi connectivity index (χ4n) is 4.54. The topological polar surface area (TPSA) is 167 Å². The minimum absolute atomic E-state index is 0.201. The number of anilines is 1. The number of hydrogen-bond donors (Lipinski definition) is 5. The molecule has 0 aliphatic carbocycles. The highest BCUT2D eigenvalue weighted by Gasteiger charge is 2.39. The van der Waals surface area contributed by atoms with E-state index >= 15 is 0 Å². The fourth-order valence-corrected chi connectivity index (χ4v) is 4.81. The molecule has 1 saturated heterocycles. The third-order valence-electron chi connectivity index (χ3n) is 6.66. The highest BCUT2D eigenvalue weighted by atomic mass is 35.5. The van der Waals surface area contributed by atoms with Gasteiger partial charge in [-0.05, 0) is 47.7 Å². The molecule has 0 radical (unpaired) electrons. The number of fused-ring (bicyclic) bond motifs is 1. The van der Waals surface area contributed by atoms with E-state index in [-0.39, 0.29) is 31.3 Å². The van der Waals surface area contributed by atoms with Crippen LogP contribution in [-0.4, -0.2) is 67.5 Å². The SMILES string of the molecule is CN=C(N)NCCOCCc1ccc(NC(=O)NCc2ccc3c(c2)CN(C2CCC(=O)NC2=O)C3=O)cc1Cl. The molecule has 0 aromatic heterocycles. The van der Waals surface area contributed by atoms with E-state index in [4.69, 9.17) is 22.1 Å². The first-order valence-electron chi connectivity index (χ1n) is 12.9. The van der Waals surface area contributed by atoms with Gasteiger partial charge >= 0.3 is 6.03 Å². The summed E-state index contributed by atoms with van der Waals surface area (Å²) < 4.78 is 5.57. The largest absolute Gasteiger partial charge is 0.379 e. The van der Waals surface area contributed by atoms with E-state index in [1.54, 1.807) is 31.3 Å². The Morgan fingerprint density at radius 2 is 2.00 bits per heavy atom. The number of aliphatic imine (C=N–C) groups is 1. The van der Waals surface area contributed by atoms with Crippen LogP contribution in [0.1, 0.15) is 39.9 Å². The molecule has 2 aliphatic heterocycles.